The molecule has 0 saturated carbocycles. The van der Waals surface area contributed by atoms with Gasteiger partial charge >= 0.3 is 0 Å². The van der Waals surface area contributed by atoms with Gasteiger partial charge in [-0.15, -0.1) is 0 Å². The van der Waals surface area contributed by atoms with E-state index >= 15 is 0 Å². The highest BCUT2D eigenvalue weighted by Gasteiger charge is 2.26. The maximum absolute atomic E-state index is 12.0. The second-order valence-corrected chi connectivity index (χ2v) is 8.25. The SMILES string of the molecule is CC(Br)CCCNS(=O)(=O)N1CCCC(C)C1. The molecule has 0 aromatic carbocycles. The molecule has 0 radical (unpaired) electrons. The van der Waals surface area contributed by atoms with Crippen LogP contribution >= 0.6 is 15.9 Å². The first-order valence-corrected chi connectivity index (χ1v) is 8.66. The molecule has 6 heteroatoms. The average Bonchev–Trinajstić information content (AvgIpc) is 2.24. The maximum atomic E-state index is 12.0. The molecule has 4 nitrogen and oxygen atoms in total. The Balaban J connectivity index is 2.34. The topological polar surface area (TPSA) is 49.4 Å². The number of alkyl halides is 1. The molecule has 0 aromatic rings. The summed E-state index contributed by atoms with van der Waals surface area (Å²) in [4.78, 5) is 0.446. The van der Waals surface area contributed by atoms with Crippen LogP contribution in [0.3, 0.4) is 0 Å². The molecule has 1 saturated heterocycles. The van der Waals surface area contributed by atoms with Crippen molar-refractivity contribution in [2.24, 2.45) is 5.92 Å². The van der Waals surface area contributed by atoms with E-state index in [4.69, 9.17) is 0 Å². The van der Waals surface area contributed by atoms with Crippen LogP contribution in [-0.2, 0) is 10.2 Å². The summed E-state index contributed by atoms with van der Waals surface area (Å²) in [6.45, 7) is 6.02. The molecule has 1 aliphatic rings. The normalized spacial score (nSPS) is 24.8. The Morgan fingerprint density at radius 1 is 1.53 bits per heavy atom. The van der Waals surface area contributed by atoms with Crippen LogP contribution in [0.4, 0.5) is 0 Å². The van der Waals surface area contributed by atoms with Crippen molar-refractivity contribution in [2.45, 2.75) is 44.4 Å². The molecule has 102 valence electrons. The average molecular weight is 327 g/mol. The number of piperidine rings is 1. The number of hydrogen-bond donors (Lipinski definition) is 1. The molecular weight excluding hydrogens is 304 g/mol. The van der Waals surface area contributed by atoms with Gasteiger partial charge in [0, 0.05) is 24.5 Å². The molecule has 0 spiro atoms. The Labute approximate surface area is 113 Å². The summed E-state index contributed by atoms with van der Waals surface area (Å²) in [6.07, 6.45) is 3.96. The first-order valence-electron chi connectivity index (χ1n) is 6.30. The zero-order valence-electron chi connectivity index (χ0n) is 10.7. The van der Waals surface area contributed by atoms with Crippen molar-refractivity contribution in [2.75, 3.05) is 19.6 Å². The fourth-order valence-corrected chi connectivity index (χ4v) is 3.77. The third-order valence-corrected chi connectivity index (χ3v) is 5.06. The van der Waals surface area contributed by atoms with Gasteiger partial charge in [0.15, 0.2) is 0 Å². The summed E-state index contributed by atoms with van der Waals surface area (Å²) >= 11 is 3.45. The van der Waals surface area contributed by atoms with Crippen LogP contribution in [0.15, 0.2) is 0 Å². The minimum atomic E-state index is -3.25. The number of halogens is 1. The van der Waals surface area contributed by atoms with E-state index in [9.17, 15) is 8.42 Å². The summed E-state index contributed by atoms with van der Waals surface area (Å²) in [5.74, 6) is 0.475. The van der Waals surface area contributed by atoms with Crippen LogP contribution < -0.4 is 4.72 Å². The van der Waals surface area contributed by atoms with Gasteiger partial charge in [0.1, 0.15) is 0 Å². The molecule has 0 bridgehead atoms. The lowest BCUT2D eigenvalue weighted by molar-refractivity contribution is 0.278. The standard InChI is InChI=1S/C11H23BrN2O2S/c1-10-5-4-8-14(9-10)17(15,16)13-7-3-6-11(2)12/h10-11,13H,3-9H2,1-2H3. The zero-order chi connectivity index (χ0) is 12.9. The summed E-state index contributed by atoms with van der Waals surface area (Å²) in [5, 5.41) is 0. The van der Waals surface area contributed by atoms with Gasteiger partial charge in [-0.2, -0.15) is 12.7 Å². The zero-order valence-corrected chi connectivity index (χ0v) is 13.1. The smallest absolute Gasteiger partial charge is 0.202 e. The van der Waals surface area contributed by atoms with Crippen molar-refractivity contribution in [3.05, 3.63) is 0 Å². The third-order valence-electron chi connectivity index (χ3n) is 3.02. The molecule has 1 fully saturated rings. The van der Waals surface area contributed by atoms with E-state index in [1.165, 1.54) is 0 Å². The molecule has 1 aliphatic heterocycles. The van der Waals surface area contributed by atoms with Gasteiger partial charge < -0.3 is 0 Å². The highest BCUT2D eigenvalue weighted by molar-refractivity contribution is 9.09. The number of hydrogen-bond acceptors (Lipinski definition) is 2. The maximum Gasteiger partial charge on any atom is 0.279 e. The van der Waals surface area contributed by atoms with E-state index in [1.54, 1.807) is 4.31 Å². The highest BCUT2D eigenvalue weighted by Crippen LogP contribution is 2.17. The van der Waals surface area contributed by atoms with Gasteiger partial charge in [-0.05, 0) is 31.6 Å². The molecule has 1 heterocycles. The lowest BCUT2D eigenvalue weighted by atomic mass is 10.0. The quantitative estimate of drug-likeness (QED) is 0.600. The monoisotopic (exact) mass is 326 g/mol. The van der Waals surface area contributed by atoms with Crippen LogP contribution in [0.1, 0.15) is 39.5 Å². The first-order chi connectivity index (χ1) is 7.92. The summed E-state index contributed by atoms with van der Waals surface area (Å²) in [7, 11) is -3.25. The fourth-order valence-electron chi connectivity index (χ4n) is 2.04. The molecule has 1 rings (SSSR count). The Kier molecular flexibility index (Phi) is 6.40. The molecule has 17 heavy (non-hydrogen) atoms. The number of nitrogens with zero attached hydrogens (tertiary/aromatic N) is 1. The predicted octanol–water partition coefficient (Wildman–Crippen LogP) is 2.12. The molecule has 0 aliphatic carbocycles. The van der Waals surface area contributed by atoms with Gasteiger partial charge in [0.2, 0.25) is 0 Å². The van der Waals surface area contributed by atoms with Crippen LogP contribution in [0.5, 0.6) is 0 Å². The van der Waals surface area contributed by atoms with Gasteiger partial charge in [0.25, 0.3) is 10.2 Å². The van der Waals surface area contributed by atoms with E-state index in [2.05, 4.69) is 34.5 Å². The minimum Gasteiger partial charge on any atom is -0.202 e. The summed E-state index contributed by atoms with van der Waals surface area (Å²) < 4.78 is 28.2. The van der Waals surface area contributed by atoms with Crippen LogP contribution in [0.25, 0.3) is 0 Å². The Morgan fingerprint density at radius 2 is 2.24 bits per heavy atom. The van der Waals surface area contributed by atoms with Crippen molar-refractivity contribution >= 4 is 26.1 Å². The van der Waals surface area contributed by atoms with Crippen molar-refractivity contribution in [3.8, 4) is 0 Å². The lowest BCUT2D eigenvalue weighted by Gasteiger charge is -2.30. The van der Waals surface area contributed by atoms with Crippen molar-refractivity contribution in [3.63, 3.8) is 0 Å². The highest BCUT2D eigenvalue weighted by atomic mass is 79.9. The van der Waals surface area contributed by atoms with Crippen molar-refractivity contribution in [1.29, 1.82) is 0 Å². The van der Waals surface area contributed by atoms with Crippen molar-refractivity contribution in [1.82, 2.24) is 9.03 Å². The molecule has 0 aromatic heterocycles. The minimum absolute atomic E-state index is 0.446. The molecular formula is C11H23BrN2O2S. The number of nitrogens with one attached hydrogen (secondary N) is 1. The largest absolute Gasteiger partial charge is 0.279 e. The van der Waals surface area contributed by atoms with E-state index < -0.39 is 10.2 Å². The second-order valence-electron chi connectivity index (χ2n) is 4.93. The molecule has 1 N–H and O–H groups in total. The van der Waals surface area contributed by atoms with E-state index in [1.807, 2.05) is 0 Å². The lowest BCUT2D eigenvalue weighted by Crippen LogP contribution is -2.45. The molecule has 2 atom stereocenters. The van der Waals surface area contributed by atoms with Gasteiger partial charge in [-0.1, -0.05) is 29.8 Å². The molecule has 0 amide bonds. The van der Waals surface area contributed by atoms with Gasteiger partial charge in [-0.3, -0.25) is 0 Å². The fraction of sp³-hybridized carbons (Fsp3) is 1.00. The summed E-state index contributed by atoms with van der Waals surface area (Å²) in [5.41, 5.74) is 0. The molecule has 2 unspecified atom stereocenters. The van der Waals surface area contributed by atoms with Gasteiger partial charge in [-0.25, -0.2) is 4.72 Å². The van der Waals surface area contributed by atoms with Crippen LogP contribution in [0, 0.1) is 5.92 Å². The number of rotatable bonds is 6. The predicted molar refractivity (Wildman–Crippen MR) is 74.5 cm³/mol. The van der Waals surface area contributed by atoms with Crippen LogP contribution in [0.2, 0.25) is 0 Å². The Hall–Kier alpha value is 0.350. The summed E-state index contributed by atoms with van der Waals surface area (Å²) in [6, 6.07) is 0. The van der Waals surface area contributed by atoms with E-state index in [0.29, 0.717) is 30.4 Å². The third kappa shape index (κ3) is 5.68. The first kappa shape index (κ1) is 15.4. The van der Waals surface area contributed by atoms with E-state index in [-0.39, 0.29) is 0 Å². The Morgan fingerprint density at radius 3 is 2.82 bits per heavy atom. The van der Waals surface area contributed by atoms with Gasteiger partial charge in [0.05, 0.1) is 0 Å². The van der Waals surface area contributed by atoms with E-state index in [0.717, 1.165) is 25.7 Å². The second kappa shape index (κ2) is 7.07. The van der Waals surface area contributed by atoms with Crippen LogP contribution in [-0.4, -0.2) is 37.2 Å². The van der Waals surface area contributed by atoms with Crippen molar-refractivity contribution < 1.29 is 8.42 Å². The Bertz CT molecular complexity index is 319.